The van der Waals surface area contributed by atoms with Crippen LogP contribution >= 0.6 is 11.6 Å². The number of carbonyl (C=O) groups is 2. The molecule has 0 aliphatic heterocycles. The number of nitrogens with one attached hydrogen (secondary N) is 1. The van der Waals surface area contributed by atoms with Crippen molar-refractivity contribution in [2.45, 2.75) is 6.92 Å². The summed E-state index contributed by atoms with van der Waals surface area (Å²) in [6.07, 6.45) is 2.91. The van der Waals surface area contributed by atoms with Gasteiger partial charge < -0.3 is 5.32 Å². The predicted molar refractivity (Wildman–Crippen MR) is 73.6 cm³/mol. The third kappa shape index (κ3) is 3.17. The number of amides is 1. The van der Waals surface area contributed by atoms with Crippen molar-refractivity contribution < 1.29 is 9.59 Å². The molecule has 0 spiro atoms. The summed E-state index contributed by atoms with van der Waals surface area (Å²) in [5, 5.41) is 2.99. The van der Waals surface area contributed by atoms with Crippen molar-refractivity contribution in [3.63, 3.8) is 0 Å². The number of halogens is 1. The van der Waals surface area contributed by atoms with Gasteiger partial charge in [0.2, 0.25) is 0 Å². The topological polar surface area (TPSA) is 59.1 Å². The minimum absolute atomic E-state index is 0.0185. The van der Waals surface area contributed by atoms with Crippen molar-refractivity contribution in [1.29, 1.82) is 0 Å². The minimum atomic E-state index is -0.317. The summed E-state index contributed by atoms with van der Waals surface area (Å²) in [6, 6.07) is 8.20. The fourth-order valence-electron chi connectivity index (χ4n) is 1.55. The summed E-state index contributed by atoms with van der Waals surface area (Å²) in [6.45, 7) is 1.49. The fourth-order valence-corrected chi connectivity index (χ4v) is 1.75. The van der Waals surface area contributed by atoms with Gasteiger partial charge in [-0.25, -0.2) is 0 Å². The predicted octanol–water partition coefficient (Wildman–Crippen LogP) is 3.19. The van der Waals surface area contributed by atoms with Gasteiger partial charge in [-0.3, -0.25) is 14.6 Å². The Balaban J connectivity index is 2.15. The van der Waals surface area contributed by atoms with Gasteiger partial charge in [-0.2, -0.15) is 0 Å². The van der Waals surface area contributed by atoms with Crippen molar-refractivity contribution in [2.24, 2.45) is 0 Å². The Labute approximate surface area is 115 Å². The average molecular weight is 275 g/mol. The van der Waals surface area contributed by atoms with Crippen LogP contribution in [-0.4, -0.2) is 16.7 Å². The van der Waals surface area contributed by atoms with Gasteiger partial charge in [-0.15, -0.1) is 0 Å². The zero-order chi connectivity index (χ0) is 13.8. The minimum Gasteiger partial charge on any atom is -0.322 e. The standard InChI is InChI=1S/C14H11ClN2O2/c1-9(18)10-2-4-11(5-3-10)17-14(19)12-6-7-16-8-13(12)15/h2-8H,1H3,(H,17,19). The Hall–Kier alpha value is -2.20. The maximum absolute atomic E-state index is 12.0. The van der Waals surface area contributed by atoms with Crippen molar-refractivity contribution >= 4 is 29.0 Å². The quantitative estimate of drug-likeness (QED) is 0.875. The number of hydrogen-bond donors (Lipinski definition) is 1. The monoisotopic (exact) mass is 274 g/mol. The molecule has 19 heavy (non-hydrogen) atoms. The maximum atomic E-state index is 12.0. The van der Waals surface area contributed by atoms with Gasteiger partial charge in [-0.1, -0.05) is 11.6 Å². The van der Waals surface area contributed by atoms with Gasteiger partial charge in [0.15, 0.2) is 5.78 Å². The molecule has 1 aromatic heterocycles. The first kappa shape index (κ1) is 13.2. The van der Waals surface area contributed by atoms with Crippen LogP contribution in [0.4, 0.5) is 5.69 Å². The maximum Gasteiger partial charge on any atom is 0.257 e. The Morgan fingerprint density at radius 2 is 1.84 bits per heavy atom. The van der Waals surface area contributed by atoms with Crippen molar-refractivity contribution in [2.75, 3.05) is 5.32 Å². The number of pyridine rings is 1. The highest BCUT2D eigenvalue weighted by atomic mass is 35.5. The van der Waals surface area contributed by atoms with Gasteiger partial charge in [0.25, 0.3) is 5.91 Å². The van der Waals surface area contributed by atoms with Crippen LogP contribution in [0.1, 0.15) is 27.6 Å². The van der Waals surface area contributed by atoms with Crippen LogP contribution < -0.4 is 5.32 Å². The van der Waals surface area contributed by atoms with Crippen molar-refractivity contribution in [3.8, 4) is 0 Å². The highest BCUT2D eigenvalue weighted by Crippen LogP contribution is 2.16. The van der Waals surface area contributed by atoms with Crippen LogP contribution in [0.3, 0.4) is 0 Å². The molecule has 0 saturated carbocycles. The molecular weight excluding hydrogens is 264 g/mol. The van der Waals surface area contributed by atoms with Gasteiger partial charge in [0, 0.05) is 23.6 Å². The largest absolute Gasteiger partial charge is 0.322 e. The molecule has 1 heterocycles. The number of anilines is 1. The number of aromatic nitrogens is 1. The Morgan fingerprint density at radius 1 is 1.16 bits per heavy atom. The summed E-state index contributed by atoms with van der Waals surface area (Å²) in [5.74, 6) is -0.335. The SMILES string of the molecule is CC(=O)c1ccc(NC(=O)c2ccncc2Cl)cc1. The zero-order valence-corrected chi connectivity index (χ0v) is 10.9. The number of ketones is 1. The Bertz CT molecular complexity index is 624. The highest BCUT2D eigenvalue weighted by molar-refractivity contribution is 6.34. The number of hydrogen-bond acceptors (Lipinski definition) is 3. The van der Waals surface area contributed by atoms with E-state index in [1.54, 1.807) is 30.3 Å². The second kappa shape index (κ2) is 5.63. The summed E-state index contributed by atoms with van der Waals surface area (Å²) in [5.41, 5.74) is 1.55. The van der Waals surface area contributed by atoms with Gasteiger partial charge in [0.05, 0.1) is 10.6 Å². The molecule has 1 amide bonds. The van der Waals surface area contributed by atoms with Crippen LogP contribution in [0.2, 0.25) is 5.02 Å². The second-order valence-electron chi connectivity index (χ2n) is 3.94. The summed E-state index contributed by atoms with van der Waals surface area (Å²) >= 11 is 5.88. The molecule has 0 fully saturated rings. The summed E-state index contributed by atoms with van der Waals surface area (Å²) in [7, 11) is 0. The molecule has 2 aromatic rings. The lowest BCUT2D eigenvalue weighted by atomic mass is 10.1. The van der Waals surface area contributed by atoms with E-state index >= 15 is 0 Å². The molecule has 5 heteroatoms. The molecule has 0 aliphatic carbocycles. The molecule has 2 rings (SSSR count). The normalized spacial score (nSPS) is 10.0. The van der Waals surface area contributed by atoms with Crippen LogP contribution in [-0.2, 0) is 0 Å². The molecule has 0 radical (unpaired) electrons. The van der Waals surface area contributed by atoms with E-state index in [-0.39, 0.29) is 11.7 Å². The van der Waals surface area contributed by atoms with Crippen molar-refractivity contribution in [3.05, 3.63) is 58.9 Å². The van der Waals surface area contributed by atoms with E-state index in [2.05, 4.69) is 10.3 Å². The van der Waals surface area contributed by atoms with Crippen molar-refractivity contribution in [1.82, 2.24) is 4.98 Å². The van der Waals surface area contributed by atoms with E-state index in [9.17, 15) is 9.59 Å². The number of benzene rings is 1. The van der Waals surface area contributed by atoms with Crippen LogP contribution in [0, 0.1) is 0 Å². The van der Waals surface area contributed by atoms with Crippen LogP contribution in [0.25, 0.3) is 0 Å². The molecule has 1 N–H and O–H groups in total. The van der Waals surface area contributed by atoms with E-state index in [0.29, 0.717) is 21.8 Å². The van der Waals surface area contributed by atoms with Gasteiger partial charge in [0.1, 0.15) is 0 Å². The van der Waals surface area contributed by atoms with Crippen LogP contribution in [0.5, 0.6) is 0 Å². The number of Topliss-reactive ketones (excluding diaryl/α,β-unsaturated/α-hetero) is 1. The third-order valence-electron chi connectivity index (χ3n) is 2.57. The number of carbonyl (C=O) groups excluding carboxylic acids is 2. The first-order chi connectivity index (χ1) is 9.08. The van der Waals surface area contributed by atoms with E-state index < -0.39 is 0 Å². The van der Waals surface area contributed by atoms with E-state index in [1.807, 2.05) is 0 Å². The first-order valence-electron chi connectivity index (χ1n) is 5.60. The van der Waals surface area contributed by atoms with Gasteiger partial charge in [-0.05, 0) is 37.3 Å². The molecule has 1 aromatic carbocycles. The van der Waals surface area contributed by atoms with E-state index in [1.165, 1.54) is 19.3 Å². The number of nitrogens with zero attached hydrogens (tertiary/aromatic N) is 1. The molecular formula is C14H11ClN2O2. The lowest BCUT2D eigenvalue weighted by Gasteiger charge is -2.06. The molecule has 0 saturated heterocycles. The molecule has 4 nitrogen and oxygen atoms in total. The molecule has 96 valence electrons. The lowest BCUT2D eigenvalue weighted by Crippen LogP contribution is -2.12. The molecule has 0 aliphatic rings. The second-order valence-corrected chi connectivity index (χ2v) is 4.35. The van der Waals surface area contributed by atoms with Crippen LogP contribution in [0.15, 0.2) is 42.7 Å². The average Bonchev–Trinajstić information content (AvgIpc) is 2.39. The highest BCUT2D eigenvalue weighted by Gasteiger charge is 2.10. The number of rotatable bonds is 3. The molecule has 0 bridgehead atoms. The zero-order valence-electron chi connectivity index (χ0n) is 10.2. The first-order valence-corrected chi connectivity index (χ1v) is 5.97. The molecule has 0 unspecified atom stereocenters. The van der Waals surface area contributed by atoms with E-state index in [0.717, 1.165) is 0 Å². The molecule has 0 atom stereocenters. The van der Waals surface area contributed by atoms with E-state index in [4.69, 9.17) is 11.6 Å². The Morgan fingerprint density at radius 3 is 2.42 bits per heavy atom. The summed E-state index contributed by atoms with van der Waals surface area (Å²) in [4.78, 5) is 26.9. The Kier molecular flexibility index (Phi) is 3.92. The van der Waals surface area contributed by atoms with Gasteiger partial charge >= 0.3 is 0 Å². The summed E-state index contributed by atoms with van der Waals surface area (Å²) < 4.78 is 0. The fraction of sp³-hybridized carbons (Fsp3) is 0.0714. The third-order valence-corrected chi connectivity index (χ3v) is 2.87. The lowest BCUT2D eigenvalue weighted by molar-refractivity contribution is 0.101. The smallest absolute Gasteiger partial charge is 0.257 e.